The number of rotatable bonds is 8. The Morgan fingerprint density at radius 2 is 1.56 bits per heavy atom. The number of carbonyl (C=O) groups excluding carboxylic acids is 1. The lowest BCUT2D eigenvalue weighted by atomic mass is 10.1. The van der Waals surface area contributed by atoms with E-state index >= 15 is 0 Å². The van der Waals surface area contributed by atoms with Gasteiger partial charge >= 0.3 is 0 Å². The van der Waals surface area contributed by atoms with Crippen LogP contribution in [0.4, 0.5) is 0 Å². The Kier molecular flexibility index (Phi) is 17.7. The quantitative estimate of drug-likeness (QED) is 0.382. The summed E-state index contributed by atoms with van der Waals surface area (Å²) in [4.78, 5) is 10.3. The first-order valence-corrected chi connectivity index (χ1v) is 10.3. The van der Waals surface area contributed by atoms with Crippen molar-refractivity contribution < 1.29 is 4.79 Å². The summed E-state index contributed by atoms with van der Waals surface area (Å²) < 4.78 is 0. The zero-order valence-corrected chi connectivity index (χ0v) is 13.6. The van der Waals surface area contributed by atoms with Gasteiger partial charge in [-0.05, 0) is 6.42 Å². The summed E-state index contributed by atoms with van der Waals surface area (Å²) in [6.07, 6.45) is 8.05. The minimum Gasteiger partial charge on any atom is -0.288 e. The second kappa shape index (κ2) is 15.2. The van der Waals surface area contributed by atoms with E-state index in [9.17, 15) is 4.79 Å². The van der Waals surface area contributed by atoms with Crippen LogP contribution in [0.25, 0.3) is 0 Å². The fraction of sp³-hybridized carbons (Fsp3) is 0.923. The van der Waals surface area contributed by atoms with Crippen LogP contribution in [0.15, 0.2) is 0 Å². The Balaban J connectivity index is 0. The van der Waals surface area contributed by atoms with Crippen LogP contribution in [0.5, 0.6) is 0 Å². The highest BCUT2D eigenvalue weighted by atomic mass is 32.1. The largest absolute Gasteiger partial charge is 0.288 e. The Labute approximate surface area is 109 Å². The molecule has 0 radical (unpaired) electrons. The van der Waals surface area contributed by atoms with Crippen LogP contribution in [0, 0.1) is 0 Å². The van der Waals surface area contributed by atoms with E-state index in [0.717, 1.165) is 6.42 Å². The monoisotopic (exact) mass is 262 g/mol. The highest BCUT2D eigenvalue weighted by Crippen LogP contribution is 2.05. The zero-order chi connectivity index (χ0) is 12.8. The standard InChI is InChI=1S/C8H16OS.C5H14Si/c1-2-3-4-5-6-7-8(9)10;1-4-5-6(2)3/h2-7H2,1H3,(H,9,10);6H,4-5H2,1-3H3. The van der Waals surface area contributed by atoms with Gasteiger partial charge < -0.3 is 0 Å². The third-order valence-corrected chi connectivity index (χ3v) is 4.32. The maximum atomic E-state index is 10.3. The van der Waals surface area contributed by atoms with E-state index in [4.69, 9.17) is 0 Å². The second-order valence-corrected chi connectivity index (χ2v) is 8.60. The molecular weight excluding hydrogens is 232 g/mol. The lowest BCUT2D eigenvalue weighted by Crippen LogP contribution is -1.95. The summed E-state index contributed by atoms with van der Waals surface area (Å²) in [5.41, 5.74) is 0. The molecule has 0 amide bonds. The lowest BCUT2D eigenvalue weighted by molar-refractivity contribution is -0.110. The number of hydrogen-bond acceptors (Lipinski definition) is 1. The van der Waals surface area contributed by atoms with E-state index in [1.54, 1.807) is 0 Å². The maximum absolute atomic E-state index is 10.3. The molecule has 0 aliphatic rings. The topological polar surface area (TPSA) is 17.1 Å². The first-order chi connectivity index (χ1) is 7.54. The summed E-state index contributed by atoms with van der Waals surface area (Å²) >= 11 is 3.68. The smallest absolute Gasteiger partial charge is 0.185 e. The molecule has 0 spiro atoms. The average Bonchev–Trinajstić information content (AvgIpc) is 2.17. The minimum atomic E-state index is -0.171. The minimum absolute atomic E-state index is 0.0245. The predicted molar refractivity (Wildman–Crippen MR) is 81.3 cm³/mol. The van der Waals surface area contributed by atoms with Crippen molar-refractivity contribution in [2.24, 2.45) is 0 Å². The first kappa shape index (κ1) is 18.6. The molecule has 98 valence electrons. The second-order valence-electron chi connectivity index (χ2n) is 4.74. The summed E-state index contributed by atoms with van der Waals surface area (Å²) in [7, 11) is -0.171. The Morgan fingerprint density at radius 1 is 1.00 bits per heavy atom. The third kappa shape index (κ3) is 23.8. The average molecular weight is 263 g/mol. The fourth-order valence-corrected chi connectivity index (χ4v) is 2.77. The molecule has 0 saturated heterocycles. The van der Waals surface area contributed by atoms with Crippen molar-refractivity contribution >= 4 is 26.5 Å². The van der Waals surface area contributed by atoms with E-state index in [-0.39, 0.29) is 13.9 Å². The van der Waals surface area contributed by atoms with Crippen molar-refractivity contribution in [2.45, 2.75) is 77.9 Å². The summed E-state index contributed by atoms with van der Waals surface area (Å²) in [6.45, 7) is 9.23. The van der Waals surface area contributed by atoms with Crippen LogP contribution in [0.3, 0.4) is 0 Å². The molecule has 0 aromatic carbocycles. The van der Waals surface area contributed by atoms with E-state index < -0.39 is 0 Å². The van der Waals surface area contributed by atoms with Crippen molar-refractivity contribution in [2.75, 3.05) is 0 Å². The van der Waals surface area contributed by atoms with Crippen molar-refractivity contribution in [1.29, 1.82) is 0 Å². The van der Waals surface area contributed by atoms with Crippen LogP contribution in [-0.4, -0.2) is 13.9 Å². The van der Waals surface area contributed by atoms with E-state index in [2.05, 4.69) is 39.6 Å². The number of hydrogen-bond donors (Lipinski definition) is 1. The van der Waals surface area contributed by atoms with Gasteiger partial charge in [0.05, 0.1) is 0 Å². The highest BCUT2D eigenvalue weighted by molar-refractivity contribution is 7.96. The molecule has 0 aromatic rings. The van der Waals surface area contributed by atoms with Gasteiger partial charge in [-0.25, -0.2) is 0 Å². The molecule has 0 aliphatic carbocycles. The summed E-state index contributed by atoms with van der Waals surface area (Å²) in [6, 6.07) is 1.51. The number of unbranched alkanes of at least 4 members (excludes halogenated alkanes) is 4. The lowest BCUT2D eigenvalue weighted by Gasteiger charge is -1.95. The predicted octanol–water partition coefficient (Wildman–Crippen LogP) is 4.69. The number of carbonyl (C=O) groups is 1. The molecule has 0 heterocycles. The SMILES string of the molecule is CCCCCCCC(=O)S.CCC[SiH](C)C. The van der Waals surface area contributed by atoms with Crippen LogP contribution < -0.4 is 0 Å². The molecular formula is C13H30OSSi. The fourth-order valence-electron chi connectivity index (χ4n) is 1.46. The Bertz CT molecular complexity index is 149. The van der Waals surface area contributed by atoms with E-state index in [0.29, 0.717) is 6.42 Å². The number of thiol groups is 1. The van der Waals surface area contributed by atoms with Crippen molar-refractivity contribution in [3.63, 3.8) is 0 Å². The molecule has 0 aromatic heterocycles. The van der Waals surface area contributed by atoms with Gasteiger partial charge in [-0.3, -0.25) is 4.79 Å². The molecule has 0 fully saturated rings. The van der Waals surface area contributed by atoms with Crippen molar-refractivity contribution in [3.8, 4) is 0 Å². The van der Waals surface area contributed by atoms with Gasteiger partial charge in [0.25, 0.3) is 0 Å². The van der Waals surface area contributed by atoms with Gasteiger partial charge in [0.1, 0.15) is 0 Å². The van der Waals surface area contributed by atoms with E-state index in [1.165, 1.54) is 38.1 Å². The zero-order valence-electron chi connectivity index (χ0n) is 11.6. The van der Waals surface area contributed by atoms with Crippen molar-refractivity contribution in [3.05, 3.63) is 0 Å². The Morgan fingerprint density at radius 3 is 1.88 bits per heavy atom. The van der Waals surface area contributed by atoms with Gasteiger partial charge in [0, 0.05) is 15.2 Å². The van der Waals surface area contributed by atoms with Gasteiger partial charge in [-0.15, -0.1) is 12.6 Å². The van der Waals surface area contributed by atoms with Gasteiger partial charge in [-0.1, -0.05) is 65.1 Å². The molecule has 0 bridgehead atoms. The molecule has 16 heavy (non-hydrogen) atoms. The molecule has 0 aliphatic heterocycles. The van der Waals surface area contributed by atoms with Crippen LogP contribution >= 0.6 is 12.6 Å². The molecule has 0 unspecified atom stereocenters. The maximum Gasteiger partial charge on any atom is 0.185 e. The van der Waals surface area contributed by atoms with Gasteiger partial charge in [0.2, 0.25) is 0 Å². The molecule has 0 atom stereocenters. The normalized spacial score (nSPS) is 9.88. The molecule has 1 nitrogen and oxygen atoms in total. The Hall–Kier alpha value is 0.237. The summed E-state index contributed by atoms with van der Waals surface area (Å²) in [5.74, 6) is 0. The van der Waals surface area contributed by atoms with Crippen LogP contribution in [0.1, 0.15) is 58.8 Å². The van der Waals surface area contributed by atoms with Gasteiger partial charge in [-0.2, -0.15) is 0 Å². The third-order valence-electron chi connectivity index (χ3n) is 2.36. The molecule has 0 saturated carbocycles. The van der Waals surface area contributed by atoms with Crippen molar-refractivity contribution in [1.82, 2.24) is 0 Å². The first-order valence-electron chi connectivity index (χ1n) is 6.76. The molecule has 0 N–H and O–H groups in total. The highest BCUT2D eigenvalue weighted by Gasteiger charge is 1.93. The van der Waals surface area contributed by atoms with Crippen LogP contribution in [-0.2, 0) is 4.79 Å². The molecule has 0 rings (SSSR count). The van der Waals surface area contributed by atoms with Crippen LogP contribution in [0.2, 0.25) is 19.1 Å². The summed E-state index contributed by atoms with van der Waals surface area (Å²) in [5, 5.41) is 0.0245. The van der Waals surface area contributed by atoms with Gasteiger partial charge in [0.15, 0.2) is 5.12 Å². The van der Waals surface area contributed by atoms with E-state index in [1.807, 2.05) is 0 Å². The molecule has 3 heteroatoms.